The molecule has 1 aliphatic rings. The molecule has 1 heterocycles. The Bertz CT molecular complexity index is 416. The SMILES string of the molecule is O=C(Nc1ccc(Cl)cc1)N1CCN(CCCl)CC1. The zero-order chi connectivity index (χ0) is 13.7. The number of carbonyl (C=O) groups is 1. The number of amides is 2. The highest BCUT2D eigenvalue weighted by Gasteiger charge is 2.20. The number of halogens is 2. The molecule has 0 atom stereocenters. The molecule has 1 N–H and O–H groups in total. The molecule has 1 saturated heterocycles. The maximum atomic E-state index is 12.1. The monoisotopic (exact) mass is 301 g/mol. The maximum Gasteiger partial charge on any atom is 0.321 e. The molecular formula is C13H17Cl2N3O. The maximum absolute atomic E-state index is 12.1. The van der Waals surface area contributed by atoms with E-state index in [4.69, 9.17) is 23.2 Å². The van der Waals surface area contributed by atoms with Crippen LogP contribution in [0.2, 0.25) is 5.02 Å². The number of nitrogens with one attached hydrogen (secondary N) is 1. The van der Waals surface area contributed by atoms with E-state index in [2.05, 4.69) is 10.2 Å². The van der Waals surface area contributed by atoms with Crippen LogP contribution in [0, 0.1) is 0 Å². The van der Waals surface area contributed by atoms with Crippen molar-refractivity contribution in [3.8, 4) is 0 Å². The van der Waals surface area contributed by atoms with E-state index in [1.54, 1.807) is 24.3 Å². The van der Waals surface area contributed by atoms with Crippen molar-refractivity contribution in [1.29, 1.82) is 0 Å². The minimum absolute atomic E-state index is 0.0622. The number of piperazine rings is 1. The van der Waals surface area contributed by atoms with Crippen molar-refractivity contribution in [3.63, 3.8) is 0 Å². The Hall–Kier alpha value is -0.970. The molecule has 2 amide bonds. The molecule has 6 heteroatoms. The lowest BCUT2D eigenvalue weighted by Crippen LogP contribution is -2.50. The molecule has 0 spiro atoms. The summed E-state index contributed by atoms with van der Waals surface area (Å²) in [6, 6.07) is 7.05. The van der Waals surface area contributed by atoms with Gasteiger partial charge in [0, 0.05) is 49.3 Å². The van der Waals surface area contributed by atoms with Gasteiger partial charge in [-0.15, -0.1) is 11.6 Å². The van der Waals surface area contributed by atoms with Crippen molar-refractivity contribution in [2.75, 3.05) is 43.9 Å². The van der Waals surface area contributed by atoms with E-state index >= 15 is 0 Å². The van der Waals surface area contributed by atoms with Crippen LogP contribution in [-0.2, 0) is 0 Å². The van der Waals surface area contributed by atoms with E-state index in [0.29, 0.717) is 10.9 Å². The standard InChI is InChI=1S/C13H17Cl2N3O/c14-5-6-17-7-9-18(10-8-17)13(19)16-12-3-1-11(15)2-4-12/h1-4H,5-10H2,(H,16,19). The smallest absolute Gasteiger partial charge is 0.321 e. The van der Waals surface area contributed by atoms with Crippen LogP contribution in [-0.4, -0.2) is 54.4 Å². The topological polar surface area (TPSA) is 35.6 Å². The first-order chi connectivity index (χ1) is 9.19. The Morgan fingerprint density at radius 3 is 2.37 bits per heavy atom. The van der Waals surface area contributed by atoms with Crippen molar-refractivity contribution < 1.29 is 4.79 Å². The normalized spacial score (nSPS) is 16.4. The zero-order valence-corrected chi connectivity index (χ0v) is 12.1. The number of rotatable bonds is 3. The summed E-state index contributed by atoms with van der Waals surface area (Å²) in [5, 5.41) is 3.53. The van der Waals surface area contributed by atoms with Gasteiger partial charge in [-0.25, -0.2) is 4.79 Å². The van der Waals surface area contributed by atoms with Crippen LogP contribution in [0.4, 0.5) is 10.5 Å². The van der Waals surface area contributed by atoms with Crippen molar-refractivity contribution >= 4 is 34.9 Å². The molecule has 1 aromatic rings. The fraction of sp³-hybridized carbons (Fsp3) is 0.462. The molecular weight excluding hydrogens is 285 g/mol. The van der Waals surface area contributed by atoms with Crippen molar-refractivity contribution in [2.45, 2.75) is 0 Å². The molecule has 0 saturated carbocycles. The highest BCUT2D eigenvalue weighted by atomic mass is 35.5. The van der Waals surface area contributed by atoms with Gasteiger partial charge in [0.05, 0.1) is 0 Å². The predicted octanol–water partition coefficient (Wildman–Crippen LogP) is 2.73. The fourth-order valence-corrected chi connectivity index (χ4v) is 2.39. The average Bonchev–Trinajstić information content (AvgIpc) is 2.42. The number of nitrogens with zero attached hydrogens (tertiary/aromatic N) is 2. The number of benzene rings is 1. The highest BCUT2D eigenvalue weighted by molar-refractivity contribution is 6.30. The summed E-state index contributed by atoms with van der Waals surface area (Å²) in [6.07, 6.45) is 0. The first kappa shape index (κ1) is 14.4. The quantitative estimate of drug-likeness (QED) is 0.872. The number of carbonyl (C=O) groups excluding carboxylic acids is 1. The predicted molar refractivity (Wildman–Crippen MR) is 79.2 cm³/mol. The van der Waals surface area contributed by atoms with Gasteiger partial charge in [0.1, 0.15) is 0 Å². The van der Waals surface area contributed by atoms with Gasteiger partial charge < -0.3 is 10.2 Å². The van der Waals surface area contributed by atoms with Crippen LogP contribution in [0.15, 0.2) is 24.3 Å². The summed E-state index contributed by atoms with van der Waals surface area (Å²) in [5.41, 5.74) is 0.762. The first-order valence-corrected chi connectivity index (χ1v) is 7.20. The van der Waals surface area contributed by atoms with Crippen LogP contribution in [0.25, 0.3) is 0 Å². The highest BCUT2D eigenvalue weighted by Crippen LogP contribution is 2.14. The Labute approximate surface area is 123 Å². The molecule has 1 aromatic carbocycles. The largest absolute Gasteiger partial charge is 0.322 e. The van der Waals surface area contributed by atoms with Crippen LogP contribution in [0.1, 0.15) is 0 Å². The number of anilines is 1. The average molecular weight is 302 g/mol. The van der Waals surface area contributed by atoms with Crippen LogP contribution in [0.3, 0.4) is 0 Å². The molecule has 104 valence electrons. The Kier molecular flexibility index (Phi) is 5.31. The van der Waals surface area contributed by atoms with E-state index in [1.807, 2.05) is 4.90 Å². The van der Waals surface area contributed by atoms with Crippen LogP contribution in [0.5, 0.6) is 0 Å². The third kappa shape index (κ3) is 4.27. The van der Waals surface area contributed by atoms with E-state index in [9.17, 15) is 4.79 Å². The van der Waals surface area contributed by atoms with Crippen molar-refractivity contribution in [1.82, 2.24) is 9.80 Å². The van der Waals surface area contributed by atoms with Crippen molar-refractivity contribution in [3.05, 3.63) is 29.3 Å². The lowest BCUT2D eigenvalue weighted by Gasteiger charge is -2.34. The van der Waals surface area contributed by atoms with Gasteiger partial charge in [0.2, 0.25) is 0 Å². The van der Waals surface area contributed by atoms with Gasteiger partial charge in [-0.1, -0.05) is 11.6 Å². The van der Waals surface area contributed by atoms with Gasteiger partial charge in [-0.3, -0.25) is 4.90 Å². The lowest BCUT2D eigenvalue weighted by molar-refractivity contribution is 0.152. The van der Waals surface area contributed by atoms with Gasteiger partial charge in [0.15, 0.2) is 0 Å². The summed E-state index contributed by atoms with van der Waals surface area (Å²) in [4.78, 5) is 16.1. The first-order valence-electron chi connectivity index (χ1n) is 6.29. The summed E-state index contributed by atoms with van der Waals surface area (Å²) < 4.78 is 0. The summed E-state index contributed by atoms with van der Waals surface area (Å²) in [6.45, 7) is 4.10. The van der Waals surface area contributed by atoms with E-state index in [1.165, 1.54) is 0 Å². The number of alkyl halides is 1. The molecule has 1 fully saturated rings. The third-order valence-electron chi connectivity index (χ3n) is 3.16. The lowest BCUT2D eigenvalue weighted by atomic mass is 10.3. The molecule has 0 unspecified atom stereocenters. The number of hydrogen-bond donors (Lipinski definition) is 1. The molecule has 1 aliphatic heterocycles. The summed E-state index contributed by atoms with van der Waals surface area (Å²) in [7, 11) is 0. The molecule has 0 bridgehead atoms. The molecule has 4 nitrogen and oxygen atoms in total. The van der Waals surface area contributed by atoms with Gasteiger partial charge in [-0.2, -0.15) is 0 Å². The second-order valence-corrected chi connectivity index (χ2v) is 5.27. The third-order valence-corrected chi connectivity index (χ3v) is 3.58. The van der Waals surface area contributed by atoms with Gasteiger partial charge in [-0.05, 0) is 24.3 Å². The Morgan fingerprint density at radius 1 is 1.16 bits per heavy atom. The minimum Gasteiger partial charge on any atom is -0.322 e. The van der Waals surface area contributed by atoms with Gasteiger partial charge >= 0.3 is 6.03 Å². The van der Waals surface area contributed by atoms with Gasteiger partial charge in [0.25, 0.3) is 0 Å². The van der Waals surface area contributed by atoms with Crippen LogP contribution >= 0.6 is 23.2 Å². The fourth-order valence-electron chi connectivity index (χ4n) is 2.03. The summed E-state index contributed by atoms with van der Waals surface area (Å²) in [5.74, 6) is 0.636. The molecule has 0 aliphatic carbocycles. The Balaban J connectivity index is 1.83. The molecule has 19 heavy (non-hydrogen) atoms. The number of hydrogen-bond acceptors (Lipinski definition) is 2. The van der Waals surface area contributed by atoms with Crippen LogP contribution < -0.4 is 5.32 Å². The Morgan fingerprint density at radius 2 is 1.79 bits per heavy atom. The van der Waals surface area contributed by atoms with E-state index in [-0.39, 0.29) is 6.03 Å². The van der Waals surface area contributed by atoms with E-state index < -0.39 is 0 Å². The van der Waals surface area contributed by atoms with Crippen molar-refractivity contribution in [2.24, 2.45) is 0 Å². The zero-order valence-electron chi connectivity index (χ0n) is 10.6. The van der Waals surface area contributed by atoms with E-state index in [0.717, 1.165) is 38.4 Å². The number of urea groups is 1. The molecule has 0 radical (unpaired) electrons. The second-order valence-electron chi connectivity index (χ2n) is 4.45. The molecule has 0 aromatic heterocycles. The summed E-state index contributed by atoms with van der Waals surface area (Å²) >= 11 is 11.5. The molecule has 2 rings (SSSR count). The minimum atomic E-state index is -0.0622. The second kappa shape index (κ2) is 6.98.